The lowest BCUT2D eigenvalue weighted by molar-refractivity contribution is -0.125. The van der Waals surface area contributed by atoms with Crippen molar-refractivity contribution in [2.75, 3.05) is 0 Å². The summed E-state index contributed by atoms with van der Waals surface area (Å²) in [5, 5.41) is 2.99. The summed E-state index contributed by atoms with van der Waals surface area (Å²) >= 11 is 3.40. The van der Waals surface area contributed by atoms with Crippen LogP contribution in [0.25, 0.3) is 0 Å². The van der Waals surface area contributed by atoms with Gasteiger partial charge in [0.05, 0.1) is 0 Å². The minimum atomic E-state index is -0.155. The van der Waals surface area contributed by atoms with Crippen LogP contribution in [0.3, 0.4) is 0 Å². The molecule has 1 aromatic rings. The molecule has 0 heterocycles. The average molecular weight is 313 g/mol. The standard InChI is InChI=1S/C14H21BrN2O/c1-9(17-14(18)10(2)11(3)16)8-12-4-6-13(15)7-5-12/h4-7,9-11H,8,16H2,1-3H3,(H,17,18). The van der Waals surface area contributed by atoms with Crippen molar-refractivity contribution in [2.45, 2.75) is 39.3 Å². The van der Waals surface area contributed by atoms with E-state index in [1.54, 1.807) is 0 Å². The maximum Gasteiger partial charge on any atom is 0.224 e. The molecule has 0 aliphatic heterocycles. The Labute approximate surface area is 117 Å². The Morgan fingerprint density at radius 1 is 1.28 bits per heavy atom. The summed E-state index contributed by atoms with van der Waals surface area (Å²) < 4.78 is 1.06. The van der Waals surface area contributed by atoms with Gasteiger partial charge < -0.3 is 11.1 Å². The number of rotatable bonds is 5. The first-order valence-electron chi connectivity index (χ1n) is 6.20. The van der Waals surface area contributed by atoms with E-state index in [9.17, 15) is 4.79 Å². The van der Waals surface area contributed by atoms with E-state index in [0.717, 1.165) is 10.9 Å². The van der Waals surface area contributed by atoms with Crippen LogP contribution < -0.4 is 11.1 Å². The Morgan fingerprint density at radius 3 is 2.33 bits per heavy atom. The number of nitrogens with two attached hydrogens (primary N) is 1. The van der Waals surface area contributed by atoms with Crippen LogP contribution in [0.4, 0.5) is 0 Å². The van der Waals surface area contributed by atoms with Gasteiger partial charge in [0.25, 0.3) is 0 Å². The molecule has 0 aliphatic rings. The molecule has 0 fully saturated rings. The lowest BCUT2D eigenvalue weighted by Crippen LogP contribution is -2.43. The molecule has 0 radical (unpaired) electrons. The number of nitrogens with one attached hydrogen (secondary N) is 1. The second-order valence-corrected chi connectivity index (χ2v) is 5.80. The van der Waals surface area contributed by atoms with Crippen molar-refractivity contribution >= 4 is 21.8 Å². The van der Waals surface area contributed by atoms with E-state index in [0.29, 0.717) is 0 Å². The Hall–Kier alpha value is -0.870. The van der Waals surface area contributed by atoms with Gasteiger partial charge in [0.15, 0.2) is 0 Å². The van der Waals surface area contributed by atoms with E-state index < -0.39 is 0 Å². The fourth-order valence-electron chi connectivity index (χ4n) is 1.64. The molecule has 3 atom stereocenters. The monoisotopic (exact) mass is 312 g/mol. The van der Waals surface area contributed by atoms with Crippen molar-refractivity contribution in [1.29, 1.82) is 0 Å². The van der Waals surface area contributed by atoms with E-state index in [1.165, 1.54) is 5.56 Å². The molecule has 0 bridgehead atoms. The van der Waals surface area contributed by atoms with Crippen molar-refractivity contribution in [3.63, 3.8) is 0 Å². The maximum atomic E-state index is 11.8. The van der Waals surface area contributed by atoms with E-state index in [4.69, 9.17) is 5.73 Å². The van der Waals surface area contributed by atoms with Crippen LogP contribution in [0.15, 0.2) is 28.7 Å². The minimum absolute atomic E-state index is 0.0228. The van der Waals surface area contributed by atoms with Crippen LogP contribution in [0.2, 0.25) is 0 Å². The molecule has 100 valence electrons. The van der Waals surface area contributed by atoms with Crippen molar-refractivity contribution in [2.24, 2.45) is 11.7 Å². The molecule has 0 spiro atoms. The Bertz CT molecular complexity index is 389. The van der Waals surface area contributed by atoms with Gasteiger partial charge in [-0.15, -0.1) is 0 Å². The number of carbonyl (C=O) groups is 1. The highest BCUT2D eigenvalue weighted by molar-refractivity contribution is 9.10. The van der Waals surface area contributed by atoms with Gasteiger partial charge in [-0.05, 0) is 38.0 Å². The van der Waals surface area contributed by atoms with Crippen molar-refractivity contribution < 1.29 is 4.79 Å². The van der Waals surface area contributed by atoms with Gasteiger partial charge in [0.1, 0.15) is 0 Å². The first-order valence-corrected chi connectivity index (χ1v) is 7.00. The number of amides is 1. The number of carbonyl (C=O) groups excluding carboxylic acids is 1. The first kappa shape index (κ1) is 15.2. The Balaban J connectivity index is 2.49. The smallest absolute Gasteiger partial charge is 0.224 e. The summed E-state index contributed by atoms with van der Waals surface area (Å²) in [5.41, 5.74) is 6.92. The molecule has 3 N–H and O–H groups in total. The van der Waals surface area contributed by atoms with E-state index in [1.807, 2.05) is 32.9 Å². The average Bonchev–Trinajstić information content (AvgIpc) is 2.30. The van der Waals surface area contributed by atoms with Gasteiger partial charge in [-0.3, -0.25) is 4.79 Å². The van der Waals surface area contributed by atoms with Gasteiger partial charge in [0, 0.05) is 22.5 Å². The van der Waals surface area contributed by atoms with E-state index in [2.05, 4.69) is 33.4 Å². The predicted molar refractivity (Wildman–Crippen MR) is 78.3 cm³/mol. The zero-order valence-electron chi connectivity index (χ0n) is 11.1. The molecule has 1 amide bonds. The summed E-state index contributed by atoms with van der Waals surface area (Å²) in [5.74, 6) is -0.132. The molecular weight excluding hydrogens is 292 g/mol. The highest BCUT2D eigenvalue weighted by atomic mass is 79.9. The van der Waals surface area contributed by atoms with Crippen LogP contribution in [0.5, 0.6) is 0 Å². The zero-order valence-corrected chi connectivity index (χ0v) is 12.7. The van der Waals surface area contributed by atoms with Crippen LogP contribution in [0, 0.1) is 5.92 Å². The van der Waals surface area contributed by atoms with Crippen LogP contribution >= 0.6 is 15.9 Å². The highest BCUT2D eigenvalue weighted by Crippen LogP contribution is 2.12. The van der Waals surface area contributed by atoms with Gasteiger partial charge in [0.2, 0.25) is 5.91 Å². The Morgan fingerprint density at radius 2 is 1.83 bits per heavy atom. The number of benzene rings is 1. The van der Waals surface area contributed by atoms with Crippen molar-refractivity contribution in [3.8, 4) is 0 Å². The summed E-state index contributed by atoms with van der Waals surface area (Å²) in [6, 6.07) is 8.12. The second kappa shape index (κ2) is 6.90. The van der Waals surface area contributed by atoms with Crippen molar-refractivity contribution in [3.05, 3.63) is 34.3 Å². The fourth-order valence-corrected chi connectivity index (χ4v) is 1.90. The quantitative estimate of drug-likeness (QED) is 0.877. The second-order valence-electron chi connectivity index (χ2n) is 4.89. The number of hydrogen-bond donors (Lipinski definition) is 2. The lowest BCUT2D eigenvalue weighted by atomic mass is 10.0. The molecule has 3 nitrogen and oxygen atoms in total. The first-order chi connectivity index (χ1) is 8.40. The van der Waals surface area contributed by atoms with Gasteiger partial charge in [-0.25, -0.2) is 0 Å². The van der Waals surface area contributed by atoms with Crippen LogP contribution in [-0.4, -0.2) is 18.0 Å². The predicted octanol–water partition coefficient (Wildman–Crippen LogP) is 2.48. The normalized spacial score (nSPS) is 15.8. The van der Waals surface area contributed by atoms with Crippen molar-refractivity contribution in [1.82, 2.24) is 5.32 Å². The third-order valence-electron chi connectivity index (χ3n) is 3.05. The third-order valence-corrected chi connectivity index (χ3v) is 3.57. The molecule has 1 aromatic carbocycles. The van der Waals surface area contributed by atoms with Crippen LogP contribution in [-0.2, 0) is 11.2 Å². The summed E-state index contributed by atoms with van der Waals surface area (Å²) in [6.07, 6.45) is 0.824. The molecule has 0 saturated heterocycles. The topological polar surface area (TPSA) is 55.1 Å². The van der Waals surface area contributed by atoms with E-state index >= 15 is 0 Å². The number of halogens is 1. The van der Waals surface area contributed by atoms with E-state index in [-0.39, 0.29) is 23.9 Å². The largest absolute Gasteiger partial charge is 0.353 e. The third kappa shape index (κ3) is 4.78. The molecule has 0 aromatic heterocycles. The lowest BCUT2D eigenvalue weighted by Gasteiger charge is -2.19. The van der Waals surface area contributed by atoms with Gasteiger partial charge in [-0.1, -0.05) is 35.0 Å². The SMILES string of the molecule is CC(Cc1ccc(Br)cc1)NC(=O)C(C)C(C)N. The number of hydrogen-bond acceptors (Lipinski definition) is 2. The summed E-state index contributed by atoms with van der Waals surface area (Å²) in [7, 11) is 0. The molecular formula is C14H21BrN2O. The van der Waals surface area contributed by atoms with Gasteiger partial charge >= 0.3 is 0 Å². The zero-order chi connectivity index (χ0) is 13.7. The summed E-state index contributed by atoms with van der Waals surface area (Å²) in [4.78, 5) is 11.8. The Kier molecular flexibility index (Phi) is 5.82. The fraction of sp³-hybridized carbons (Fsp3) is 0.500. The molecule has 18 heavy (non-hydrogen) atoms. The molecule has 0 saturated carbocycles. The van der Waals surface area contributed by atoms with Crippen LogP contribution in [0.1, 0.15) is 26.3 Å². The molecule has 0 aliphatic carbocycles. The summed E-state index contributed by atoms with van der Waals surface area (Å²) in [6.45, 7) is 5.71. The molecule has 4 heteroatoms. The van der Waals surface area contributed by atoms with Gasteiger partial charge in [-0.2, -0.15) is 0 Å². The molecule has 3 unspecified atom stereocenters. The minimum Gasteiger partial charge on any atom is -0.353 e. The highest BCUT2D eigenvalue weighted by Gasteiger charge is 2.18. The maximum absolute atomic E-state index is 11.8. The molecule has 1 rings (SSSR count).